The first-order chi connectivity index (χ1) is 9.93. The van der Waals surface area contributed by atoms with Gasteiger partial charge in [0.25, 0.3) is 0 Å². The van der Waals surface area contributed by atoms with Gasteiger partial charge in [0.15, 0.2) is 11.6 Å². The zero-order valence-corrected chi connectivity index (χ0v) is 13.9. The Bertz CT molecular complexity index is 640. The van der Waals surface area contributed by atoms with Gasteiger partial charge in [-0.1, -0.05) is 6.07 Å². The van der Waals surface area contributed by atoms with Crippen molar-refractivity contribution in [3.8, 4) is 5.75 Å². The fourth-order valence-corrected chi connectivity index (χ4v) is 2.47. The Morgan fingerprint density at radius 1 is 1.48 bits per heavy atom. The molecule has 0 bridgehead atoms. The molecule has 6 heteroatoms. The zero-order chi connectivity index (χ0) is 15.6. The molecule has 0 aliphatic carbocycles. The predicted octanol–water partition coefficient (Wildman–Crippen LogP) is 3.71. The Morgan fingerprint density at radius 3 is 2.76 bits per heavy atom. The molecule has 1 aromatic heterocycles. The smallest absolute Gasteiger partial charge is 0.165 e. The van der Waals surface area contributed by atoms with E-state index in [1.54, 1.807) is 12.1 Å². The number of ether oxygens (including phenoxy) is 1. The maximum absolute atomic E-state index is 14.0. The molecule has 21 heavy (non-hydrogen) atoms. The molecule has 2 rings (SSSR count). The second-order valence-corrected chi connectivity index (χ2v) is 5.72. The van der Waals surface area contributed by atoms with E-state index in [0.717, 1.165) is 28.0 Å². The normalized spacial score (nSPS) is 12.5. The minimum absolute atomic E-state index is 0.202. The van der Waals surface area contributed by atoms with Gasteiger partial charge in [0.1, 0.15) is 6.61 Å². The molecule has 2 N–H and O–H groups in total. The highest BCUT2D eigenvalue weighted by atomic mass is 79.9. The van der Waals surface area contributed by atoms with E-state index in [1.807, 2.05) is 25.5 Å². The Hall–Kier alpha value is -1.40. The van der Waals surface area contributed by atoms with Crippen molar-refractivity contribution in [1.29, 1.82) is 0 Å². The quantitative estimate of drug-likeness (QED) is 0.889. The van der Waals surface area contributed by atoms with Crippen LogP contribution < -0.4 is 10.5 Å². The minimum atomic E-state index is -0.403. The van der Waals surface area contributed by atoms with E-state index in [9.17, 15) is 4.39 Å². The first kappa shape index (κ1) is 16.0. The SMILES string of the molecule is CCn1nc(C)c(Br)c1COc1ccc([C@H](C)N)cc1F. The Morgan fingerprint density at radius 2 is 2.19 bits per heavy atom. The second kappa shape index (κ2) is 6.58. The molecule has 4 nitrogen and oxygen atoms in total. The summed E-state index contributed by atoms with van der Waals surface area (Å²) in [6, 6.07) is 4.60. The van der Waals surface area contributed by atoms with Crippen molar-refractivity contribution in [2.24, 2.45) is 5.73 Å². The van der Waals surface area contributed by atoms with Gasteiger partial charge in [-0.25, -0.2) is 4.39 Å². The monoisotopic (exact) mass is 355 g/mol. The van der Waals surface area contributed by atoms with Crippen molar-refractivity contribution in [3.05, 3.63) is 45.4 Å². The van der Waals surface area contributed by atoms with Crippen LogP contribution in [0.2, 0.25) is 0 Å². The van der Waals surface area contributed by atoms with Gasteiger partial charge in [-0.3, -0.25) is 4.68 Å². The van der Waals surface area contributed by atoms with Crippen LogP contribution in [0.5, 0.6) is 5.75 Å². The maximum Gasteiger partial charge on any atom is 0.165 e. The molecular weight excluding hydrogens is 337 g/mol. The third kappa shape index (κ3) is 3.44. The van der Waals surface area contributed by atoms with Crippen molar-refractivity contribution >= 4 is 15.9 Å². The van der Waals surface area contributed by atoms with Crippen molar-refractivity contribution in [2.75, 3.05) is 0 Å². The molecule has 0 unspecified atom stereocenters. The van der Waals surface area contributed by atoms with E-state index in [1.165, 1.54) is 6.07 Å². The standard InChI is InChI=1S/C15H19BrFN3O/c1-4-20-13(15(16)10(3)19-20)8-21-14-6-5-11(9(2)18)7-12(14)17/h5-7,9H,4,8,18H2,1-3H3/t9-/m0/s1. The molecule has 114 valence electrons. The number of nitrogens with two attached hydrogens (primary N) is 1. The average molecular weight is 356 g/mol. The summed E-state index contributed by atoms with van der Waals surface area (Å²) in [5.74, 6) is -0.187. The Labute approximate surface area is 132 Å². The van der Waals surface area contributed by atoms with E-state index >= 15 is 0 Å². The van der Waals surface area contributed by atoms with Crippen LogP contribution in [0, 0.1) is 12.7 Å². The summed E-state index contributed by atoms with van der Waals surface area (Å²) in [4.78, 5) is 0. The van der Waals surface area contributed by atoms with E-state index < -0.39 is 5.82 Å². The number of rotatable bonds is 5. The van der Waals surface area contributed by atoms with Crippen LogP contribution in [0.1, 0.15) is 36.8 Å². The van der Waals surface area contributed by atoms with E-state index in [2.05, 4.69) is 21.0 Å². The summed E-state index contributed by atoms with van der Waals surface area (Å²) < 4.78 is 22.3. The summed E-state index contributed by atoms with van der Waals surface area (Å²) in [6.07, 6.45) is 0. The fraction of sp³-hybridized carbons (Fsp3) is 0.400. The van der Waals surface area contributed by atoms with Crippen LogP contribution >= 0.6 is 15.9 Å². The van der Waals surface area contributed by atoms with Gasteiger partial charge in [0.05, 0.1) is 15.9 Å². The summed E-state index contributed by atoms with van der Waals surface area (Å²) in [7, 11) is 0. The van der Waals surface area contributed by atoms with Crippen LogP contribution in [-0.2, 0) is 13.2 Å². The maximum atomic E-state index is 14.0. The van der Waals surface area contributed by atoms with Gasteiger partial charge >= 0.3 is 0 Å². The Kier molecular flexibility index (Phi) is 5.00. The highest BCUT2D eigenvalue weighted by Crippen LogP contribution is 2.25. The largest absolute Gasteiger partial charge is 0.484 e. The van der Waals surface area contributed by atoms with E-state index in [0.29, 0.717) is 0 Å². The van der Waals surface area contributed by atoms with Gasteiger partial charge in [0, 0.05) is 12.6 Å². The van der Waals surface area contributed by atoms with Gasteiger partial charge in [0.2, 0.25) is 0 Å². The van der Waals surface area contributed by atoms with E-state index in [-0.39, 0.29) is 18.4 Å². The molecule has 1 aromatic carbocycles. The summed E-state index contributed by atoms with van der Waals surface area (Å²) in [5, 5.41) is 4.38. The first-order valence-corrected chi connectivity index (χ1v) is 7.63. The van der Waals surface area contributed by atoms with Crippen molar-refractivity contribution < 1.29 is 9.13 Å². The predicted molar refractivity (Wildman–Crippen MR) is 83.7 cm³/mol. The molecule has 0 radical (unpaired) electrons. The number of halogens is 2. The zero-order valence-electron chi connectivity index (χ0n) is 12.4. The molecule has 0 amide bonds. The number of hydrogen-bond acceptors (Lipinski definition) is 3. The van der Waals surface area contributed by atoms with Crippen LogP contribution in [0.25, 0.3) is 0 Å². The molecule has 1 atom stereocenters. The van der Waals surface area contributed by atoms with Crippen LogP contribution in [0.4, 0.5) is 4.39 Å². The van der Waals surface area contributed by atoms with Gasteiger partial charge in [-0.2, -0.15) is 5.10 Å². The summed E-state index contributed by atoms with van der Waals surface area (Å²) in [5.41, 5.74) is 8.26. The van der Waals surface area contributed by atoms with Crippen LogP contribution in [0.15, 0.2) is 22.7 Å². The molecule has 0 fully saturated rings. The molecule has 0 aliphatic heterocycles. The average Bonchev–Trinajstić information content (AvgIpc) is 2.72. The number of hydrogen-bond donors (Lipinski definition) is 1. The Balaban J connectivity index is 2.17. The van der Waals surface area contributed by atoms with Crippen molar-refractivity contribution in [1.82, 2.24) is 9.78 Å². The molecule has 0 saturated carbocycles. The number of aromatic nitrogens is 2. The number of nitrogens with zero attached hydrogens (tertiary/aromatic N) is 2. The molecule has 2 aromatic rings. The highest BCUT2D eigenvalue weighted by molar-refractivity contribution is 9.10. The number of benzene rings is 1. The lowest BCUT2D eigenvalue weighted by molar-refractivity contribution is 0.277. The fourth-order valence-electron chi connectivity index (χ4n) is 2.07. The molecule has 0 aliphatic rings. The summed E-state index contributed by atoms with van der Waals surface area (Å²) >= 11 is 3.49. The minimum Gasteiger partial charge on any atom is -0.484 e. The molecular formula is C15H19BrFN3O. The van der Waals surface area contributed by atoms with Crippen LogP contribution in [-0.4, -0.2) is 9.78 Å². The molecule has 0 saturated heterocycles. The van der Waals surface area contributed by atoms with Crippen molar-refractivity contribution in [3.63, 3.8) is 0 Å². The lowest BCUT2D eigenvalue weighted by Gasteiger charge is -2.11. The van der Waals surface area contributed by atoms with Crippen molar-refractivity contribution in [2.45, 2.75) is 40.0 Å². The topological polar surface area (TPSA) is 53.1 Å². The lowest BCUT2D eigenvalue weighted by atomic mass is 10.1. The highest BCUT2D eigenvalue weighted by Gasteiger charge is 2.14. The second-order valence-electron chi connectivity index (χ2n) is 4.93. The lowest BCUT2D eigenvalue weighted by Crippen LogP contribution is -2.08. The van der Waals surface area contributed by atoms with E-state index in [4.69, 9.17) is 10.5 Å². The van der Waals surface area contributed by atoms with Gasteiger partial charge < -0.3 is 10.5 Å². The molecule has 1 heterocycles. The van der Waals surface area contributed by atoms with Gasteiger partial charge in [-0.15, -0.1) is 0 Å². The summed E-state index contributed by atoms with van der Waals surface area (Å²) in [6.45, 7) is 6.72. The third-order valence-electron chi connectivity index (χ3n) is 3.30. The third-order valence-corrected chi connectivity index (χ3v) is 4.33. The first-order valence-electron chi connectivity index (χ1n) is 6.83. The van der Waals surface area contributed by atoms with Crippen LogP contribution in [0.3, 0.4) is 0 Å². The molecule has 0 spiro atoms. The number of aryl methyl sites for hydroxylation is 2. The van der Waals surface area contributed by atoms with Gasteiger partial charge in [-0.05, 0) is 54.4 Å².